The van der Waals surface area contributed by atoms with Crippen LogP contribution in [-0.4, -0.2) is 40.4 Å². The molecule has 0 aliphatic rings. The largest absolute Gasteiger partial charge is 0.480 e. The molecule has 16 heavy (non-hydrogen) atoms. The van der Waals surface area contributed by atoms with Gasteiger partial charge in [-0.15, -0.1) is 10.2 Å². The Hall–Kier alpha value is -1.54. The van der Waals surface area contributed by atoms with Gasteiger partial charge >= 0.3 is 5.97 Å². The van der Waals surface area contributed by atoms with Crippen LogP contribution < -0.4 is 5.32 Å². The van der Waals surface area contributed by atoms with Gasteiger partial charge in [-0.1, -0.05) is 18.3 Å². The van der Waals surface area contributed by atoms with Crippen molar-refractivity contribution in [2.75, 3.05) is 18.5 Å². The number of carbonyl (C=O) groups excluding carboxylic acids is 1. The summed E-state index contributed by atoms with van der Waals surface area (Å²) in [5, 5.41) is 19.5. The molecule has 1 aromatic rings. The van der Waals surface area contributed by atoms with Crippen molar-refractivity contribution >= 4 is 28.3 Å². The molecule has 0 bridgehead atoms. The Labute approximate surface area is 95.4 Å². The van der Waals surface area contributed by atoms with Gasteiger partial charge in [-0.05, 0) is 6.42 Å². The second kappa shape index (κ2) is 6.13. The molecule has 88 valence electrons. The molecule has 1 amide bonds. The monoisotopic (exact) mass is 245 g/mol. The van der Waals surface area contributed by atoms with Crippen LogP contribution in [0.4, 0.5) is 5.13 Å². The lowest BCUT2D eigenvalue weighted by Crippen LogP contribution is -2.20. The van der Waals surface area contributed by atoms with E-state index in [1.807, 2.05) is 6.92 Å². The Bertz CT molecular complexity index is 379. The molecule has 0 aliphatic heterocycles. The number of ether oxygens (including phenoxy) is 1. The Morgan fingerprint density at radius 2 is 2.19 bits per heavy atom. The van der Waals surface area contributed by atoms with Crippen molar-refractivity contribution in [2.24, 2.45) is 0 Å². The summed E-state index contributed by atoms with van der Waals surface area (Å²) in [5.41, 5.74) is 0. The van der Waals surface area contributed by atoms with E-state index in [0.717, 1.165) is 11.4 Å². The number of aliphatic carboxylic acids is 1. The molecule has 0 atom stereocenters. The van der Waals surface area contributed by atoms with Crippen LogP contribution in [0.2, 0.25) is 0 Å². The summed E-state index contributed by atoms with van der Waals surface area (Å²) >= 11 is 1.27. The SMILES string of the molecule is CCc1nnc(NC(=O)COCC(=O)O)s1. The Balaban J connectivity index is 2.31. The molecule has 0 saturated heterocycles. The van der Waals surface area contributed by atoms with Gasteiger partial charge < -0.3 is 9.84 Å². The van der Waals surface area contributed by atoms with E-state index in [1.165, 1.54) is 11.3 Å². The molecule has 7 nitrogen and oxygen atoms in total. The average Bonchev–Trinajstić information content (AvgIpc) is 2.65. The lowest BCUT2D eigenvalue weighted by atomic mass is 10.5. The van der Waals surface area contributed by atoms with Crippen molar-refractivity contribution in [3.63, 3.8) is 0 Å². The Morgan fingerprint density at radius 1 is 1.44 bits per heavy atom. The van der Waals surface area contributed by atoms with Crippen LogP contribution in [0, 0.1) is 0 Å². The number of aryl methyl sites for hydroxylation is 1. The van der Waals surface area contributed by atoms with Gasteiger partial charge in [0.05, 0.1) is 0 Å². The van der Waals surface area contributed by atoms with E-state index in [9.17, 15) is 9.59 Å². The van der Waals surface area contributed by atoms with Gasteiger partial charge in [0.2, 0.25) is 5.13 Å². The second-order valence-electron chi connectivity index (χ2n) is 2.79. The number of aromatic nitrogens is 2. The summed E-state index contributed by atoms with van der Waals surface area (Å²) < 4.78 is 4.61. The van der Waals surface area contributed by atoms with Gasteiger partial charge in [0, 0.05) is 0 Å². The molecular formula is C8H11N3O4S. The number of amides is 1. The van der Waals surface area contributed by atoms with Gasteiger partial charge in [-0.3, -0.25) is 10.1 Å². The van der Waals surface area contributed by atoms with Crippen molar-refractivity contribution in [3.05, 3.63) is 5.01 Å². The Morgan fingerprint density at radius 3 is 2.75 bits per heavy atom. The molecule has 0 saturated carbocycles. The van der Waals surface area contributed by atoms with E-state index in [2.05, 4.69) is 20.3 Å². The number of carboxylic acid groups (broad SMARTS) is 1. The lowest BCUT2D eigenvalue weighted by molar-refractivity contribution is -0.143. The van der Waals surface area contributed by atoms with E-state index in [0.29, 0.717) is 5.13 Å². The van der Waals surface area contributed by atoms with E-state index >= 15 is 0 Å². The van der Waals surface area contributed by atoms with Crippen molar-refractivity contribution in [3.8, 4) is 0 Å². The van der Waals surface area contributed by atoms with Gasteiger partial charge in [0.25, 0.3) is 5.91 Å². The van der Waals surface area contributed by atoms with Crippen molar-refractivity contribution in [2.45, 2.75) is 13.3 Å². The fraction of sp³-hybridized carbons (Fsp3) is 0.500. The van der Waals surface area contributed by atoms with Gasteiger partial charge in [-0.25, -0.2) is 4.79 Å². The standard InChI is InChI=1S/C8H11N3O4S/c1-2-6-10-11-8(16-6)9-5(12)3-15-4-7(13)14/h2-4H2,1H3,(H,13,14)(H,9,11,12). The highest BCUT2D eigenvalue weighted by molar-refractivity contribution is 7.15. The number of carbonyl (C=O) groups is 2. The normalized spacial score (nSPS) is 10.1. The van der Waals surface area contributed by atoms with Crippen molar-refractivity contribution in [1.29, 1.82) is 0 Å². The van der Waals surface area contributed by atoms with E-state index in [1.54, 1.807) is 0 Å². The molecule has 2 N–H and O–H groups in total. The van der Waals surface area contributed by atoms with Gasteiger partial charge in [0.1, 0.15) is 18.2 Å². The molecule has 8 heteroatoms. The molecule has 1 aromatic heterocycles. The first-order chi connectivity index (χ1) is 7.61. The zero-order valence-electron chi connectivity index (χ0n) is 8.60. The number of carboxylic acids is 1. The van der Waals surface area contributed by atoms with E-state index in [-0.39, 0.29) is 6.61 Å². The maximum atomic E-state index is 11.2. The number of hydrogen-bond donors (Lipinski definition) is 2. The fourth-order valence-electron chi connectivity index (χ4n) is 0.833. The minimum Gasteiger partial charge on any atom is -0.480 e. The Kier molecular flexibility index (Phi) is 4.80. The maximum absolute atomic E-state index is 11.2. The van der Waals surface area contributed by atoms with Crippen LogP contribution in [0.15, 0.2) is 0 Å². The van der Waals surface area contributed by atoms with Crippen LogP contribution in [0.25, 0.3) is 0 Å². The molecule has 1 heterocycles. The van der Waals surface area contributed by atoms with Crippen LogP contribution in [-0.2, 0) is 20.7 Å². The predicted octanol–water partition coefficient (Wildman–Crippen LogP) is 0.140. The zero-order valence-corrected chi connectivity index (χ0v) is 9.41. The molecule has 0 aliphatic carbocycles. The zero-order chi connectivity index (χ0) is 12.0. The highest BCUT2D eigenvalue weighted by Crippen LogP contribution is 2.14. The van der Waals surface area contributed by atoms with Gasteiger partial charge in [-0.2, -0.15) is 0 Å². The topological polar surface area (TPSA) is 101 Å². The lowest BCUT2D eigenvalue weighted by Gasteiger charge is -2.00. The molecule has 0 spiro atoms. The summed E-state index contributed by atoms with van der Waals surface area (Å²) in [6.45, 7) is 1.12. The number of rotatable bonds is 6. The molecule has 1 rings (SSSR count). The predicted molar refractivity (Wildman–Crippen MR) is 56.4 cm³/mol. The van der Waals surface area contributed by atoms with Crippen molar-refractivity contribution < 1.29 is 19.4 Å². The average molecular weight is 245 g/mol. The summed E-state index contributed by atoms with van der Waals surface area (Å²) in [7, 11) is 0. The summed E-state index contributed by atoms with van der Waals surface area (Å²) in [5.74, 6) is -1.56. The summed E-state index contributed by atoms with van der Waals surface area (Å²) in [6.07, 6.45) is 0.753. The molecule has 0 aromatic carbocycles. The summed E-state index contributed by atoms with van der Waals surface area (Å²) in [4.78, 5) is 21.3. The first-order valence-electron chi connectivity index (χ1n) is 4.53. The summed E-state index contributed by atoms with van der Waals surface area (Å²) in [6, 6.07) is 0. The number of anilines is 1. The van der Waals surface area contributed by atoms with E-state index in [4.69, 9.17) is 5.11 Å². The number of nitrogens with zero attached hydrogens (tertiary/aromatic N) is 2. The fourth-order valence-corrected chi connectivity index (χ4v) is 1.53. The minimum atomic E-state index is -1.11. The molecule has 0 fully saturated rings. The van der Waals surface area contributed by atoms with Crippen molar-refractivity contribution in [1.82, 2.24) is 10.2 Å². The second-order valence-corrected chi connectivity index (χ2v) is 3.85. The molecular weight excluding hydrogens is 234 g/mol. The smallest absolute Gasteiger partial charge is 0.329 e. The number of nitrogens with one attached hydrogen (secondary N) is 1. The van der Waals surface area contributed by atoms with Gasteiger partial charge in [0.15, 0.2) is 0 Å². The molecule has 0 radical (unpaired) electrons. The third-order valence-electron chi connectivity index (χ3n) is 1.47. The first-order valence-corrected chi connectivity index (χ1v) is 5.35. The van der Waals surface area contributed by atoms with Crippen LogP contribution >= 0.6 is 11.3 Å². The third kappa shape index (κ3) is 4.32. The van der Waals surface area contributed by atoms with Crippen LogP contribution in [0.5, 0.6) is 0 Å². The highest BCUT2D eigenvalue weighted by atomic mass is 32.1. The first kappa shape index (κ1) is 12.5. The third-order valence-corrected chi connectivity index (χ3v) is 2.46. The van der Waals surface area contributed by atoms with E-state index < -0.39 is 18.5 Å². The maximum Gasteiger partial charge on any atom is 0.329 e. The van der Waals surface area contributed by atoms with Crippen LogP contribution in [0.3, 0.4) is 0 Å². The highest BCUT2D eigenvalue weighted by Gasteiger charge is 2.08. The molecule has 0 unspecified atom stereocenters. The number of hydrogen-bond acceptors (Lipinski definition) is 6. The van der Waals surface area contributed by atoms with Crippen LogP contribution in [0.1, 0.15) is 11.9 Å². The quantitative estimate of drug-likeness (QED) is 0.739. The minimum absolute atomic E-state index is 0.312.